The minimum absolute atomic E-state index is 0.116. The van der Waals surface area contributed by atoms with Crippen molar-refractivity contribution in [1.29, 1.82) is 0 Å². The molecule has 0 amide bonds. The molecular formula is C13H14F3N. The van der Waals surface area contributed by atoms with Gasteiger partial charge in [-0.25, -0.2) is 0 Å². The van der Waals surface area contributed by atoms with Gasteiger partial charge >= 0.3 is 6.18 Å². The van der Waals surface area contributed by atoms with E-state index in [0.29, 0.717) is 5.56 Å². The molecule has 17 heavy (non-hydrogen) atoms. The quantitative estimate of drug-likeness (QED) is 0.770. The van der Waals surface area contributed by atoms with Gasteiger partial charge in [0.1, 0.15) is 0 Å². The molecule has 0 aromatic carbocycles. The van der Waals surface area contributed by atoms with Crippen molar-refractivity contribution in [2.45, 2.75) is 38.8 Å². The maximum absolute atomic E-state index is 12.5. The number of fused-ring (bicyclic) bond motifs is 1. The fraction of sp³-hybridized carbons (Fsp3) is 0.462. The Morgan fingerprint density at radius 2 is 2.06 bits per heavy atom. The van der Waals surface area contributed by atoms with Crippen LogP contribution in [0.2, 0.25) is 0 Å². The van der Waals surface area contributed by atoms with E-state index in [1.807, 2.05) is 6.92 Å². The van der Waals surface area contributed by atoms with Crippen molar-refractivity contribution in [3.63, 3.8) is 0 Å². The van der Waals surface area contributed by atoms with Gasteiger partial charge in [-0.3, -0.25) is 4.98 Å². The average molecular weight is 241 g/mol. The molecule has 1 nitrogen and oxygen atoms in total. The summed E-state index contributed by atoms with van der Waals surface area (Å²) in [6.45, 7) is 5.46. The second kappa shape index (κ2) is 4.17. The lowest BCUT2D eigenvalue weighted by molar-refractivity contribution is -0.127. The number of hydrogen-bond donors (Lipinski definition) is 0. The third kappa shape index (κ3) is 2.35. The Kier molecular flexibility index (Phi) is 2.98. The monoisotopic (exact) mass is 241 g/mol. The summed E-state index contributed by atoms with van der Waals surface area (Å²) >= 11 is 0. The predicted octanol–water partition coefficient (Wildman–Crippen LogP) is 3.63. The first kappa shape index (κ1) is 12.1. The molecule has 1 aliphatic carbocycles. The summed E-state index contributed by atoms with van der Waals surface area (Å²) in [5.41, 5.74) is 3.55. The Bertz CT molecular complexity index is 461. The maximum Gasteiger partial charge on any atom is 0.394 e. The zero-order valence-corrected chi connectivity index (χ0v) is 9.69. The van der Waals surface area contributed by atoms with Crippen LogP contribution >= 0.6 is 0 Å². The maximum atomic E-state index is 12.5. The van der Waals surface area contributed by atoms with Crippen molar-refractivity contribution in [1.82, 2.24) is 4.98 Å². The number of alkyl halides is 3. The minimum Gasteiger partial charge on any atom is -0.257 e. The topological polar surface area (TPSA) is 12.9 Å². The van der Waals surface area contributed by atoms with Gasteiger partial charge in [0.2, 0.25) is 0 Å². The van der Waals surface area contributed by atoms with E-state index in [1.165, 1.54) is 6.08 Å². The Morgan fingerprint density at radius 3 is 2.65 bits per heavy atom. The zero-order chi connectivity index (χ0) is 12.6. The highest BCUT2D eigenvalue weighted by molar-refractivity contribution is 5.58. The summed E-state index contributed by atoms with van der Waals surface area (Å²) in [6.07, 6.45) is -1.01. The van der Waals surface area contributed by atoms with E-state index < -0.39 is 12.6 Å². The third-order valence-electron chi connectivity index (χ3n) is 3.20. The SMILES string of the molecule is C=Cc1c(CC(F)(F)F)nc2c(c1C)CCC2. The van der Waals surface area contributed by atoms with Gasteiger partial charge in [0, 0.05) is 5.69 Å². The molecule has 0 fully saturated rings. The second-order valence-electron chi connectivity index (χ2n) is 4.37. The lowest BCUT2D eigenvalue weighted by atomic mass is 9.99. The Balaban J connectivity index is 2.52. The molecule has 1 aromatic heterocycles. The highest BCUT2D eigenvalue weighted by atomic mass is 19.4. The number of aromatic nitrogens is 1. The van der Waals surface area contributed by atoms with Crippen LogP contribution in [0.25, 0.3) is 6.08 Å². The highest BCUT2D eigenvalue weighted by Gasteiger charge is 2.31. The number of aryl methyl sites for hydroxylation is 1. The smallest absolute Gasteiger partial charge is 0.257 e. The lowest BCUT2D eigenvalue weighted by Gasteiger charge is -2.14. The van der Waals surface area contributed by atoms with Crippen LogP contribution in [0.3, 0.4) is 0 Å². The van der Waals surface area contributed by atoms with Crippen LogP contribution in [-0.4, -0.2) is 11.2 Å². The third-order valence-corrected chi connectivity index (χ3v) is 3.20. The molecule has 0 bridgehead atoms. The van der Waals surface area contributed by atoms with Crippen LogP contribution in [0.5, 0.6) is 0 Å². The fourth-order valence-corrected chi connectivity index (χ4v) is 2.45. The van der Waals surface area contributed by atoms with E-state index in [-0.39, 0.29) is 5.69 Å². The van der Waals surface area contributed by atoms with Crippen LogP contribution in [-0.2, 0) is 19.3 Å². The van der Waals surface area contributed by atoms with Gasteiger partial charge in [-0.05, 0) is 42.9 Å². The van der Waals surface area contributed by atoms with Crippen LogP contribution in [0.1, 0.15) is 34.5 Å². The molecule has 0 radical (unpaired) electrons. The molecule has 92 valence electrons. The first-order valence-corrected chi connectivity index (χ1v) is 5.63. The van der Waals surface area contributed by atoms with E-state index in [1.54, 1.807) is 0 Å². The standard InChI is InChI=1S/C13H14F3N/c1-3-9-8(2)10-5-4-6-11(10)17-12(9)7-13(14,15)16/h3H,1,4-7H2,2H3. The number of nitrogens with zero attached hydrogens (tertiary/aromatic N) is 1. The van der Waals surface area contributed by atoms with Crippen molar-refractivity contribution in [2.24, 2.45) is 0 Å². The molecule has 1 aliphatic rings. The van der Waals surface area contributed by atoms with E-state index in [2.05, 4.69) is 11.6 Å². The van der Waals surface area contributed by atoms with Gasteiger partial charge < -0.3 is 0 Å². The Hall–Kier alpha value is -1.32. The number of rotatable bonds is 2. The van der Waals surface area contributed by atoms with Crippen LogP contribution in [0.15, 0.2) is 6.58 Å². The molecule has 4 heteroatoms. The Labute approximate surface area is 98.4 Å². The van der Waals surface area contributed by atoms with E-state index in [9.17, 15) is 13.2 Å². The molecule has 0 atom stereocenters. The van der Waals surface area contributed by atoms with Crippen LogP contribution < -0.4 is 0 Å². The van der Waals surface area contributed by atoms with E-state index in [4.69, 9.17) is 0 Å². The average Bonchev–Trinajstić information content (AvgIpc) is 2.64. The molecule has 0 unspecified atom stereocenters. The molecule has 1 heterocycles. The normalized spacial score (nSPS) is 14.8. The summed E-state index contributed by atoms with van der Waals surface area (Å²) in [5, 5.41) is 0. The van der Waals surface area contributed by atoms with Crippen molar-refractivity contribution in [2.75, 3.05) is 0 Å². The van der Waals surface area contributed by atoms with E-state index >= 15 is 0 Å². The molecule has 0 saturated heterocycles. The number of pyridine rings is 1. The number of hydrogen-bond acceptors (Lipinski definition) is 1. The lowest BCUT2D eigenvalue weighted by Crippen LogP contribution is -2.15. The molecule has 0 aliphatic heterocycles. The highest BCUT2D eigenvalue weighted by Crippen LogP contribution is 2.31. The van der Waals surface area contributed by atoms with Crippen molar-refractivity contribution < 1.29 is 13.2 Å². The summed E-state index contributed by atoms with van der Waals surface area (Å²) in [6, 6.07) is 0. The summed E-state index contributed by atoms with van der Waals surface area (Å²) in [4.78, 5) is 4.18. The van der Waals surface area contributed by atoms with E-state index in [0.717, 1.165) is 36.1 Å². The first-order valence-electron chi connectivity index (χ1n) is 5.63. The van der Waals surface area contributed by atoms with Gasteiger partial charge in [-0.2, -0.15) is 13.2 Å². The first-order chi connectivity index (χ1) is 7.92. The largest absolute Gasteiger partial charge is 0.394 e. The van der Waals surface area contributed by atoms with Crippen molar-refractivity contribution >= 4 is 6.08 Å². The summed E-state index contributed by atoms with van der Waals surface area (Å²) in [5.74, 6) is 0. The number of halogens is 3. The van der Waals surface area contributed by atoms with Gasteiger partial charge in [0.15, 0.2) is 0 Å². The molecule has 0 N–H and O–H groups in total. The van der Waals surface area contributed by atoms with Crippen LogP contribution in [0, 0.1) is 6.92 Å². The Morgan fingerprint density at radius 1 is 1.35 bits per heavy atom. The zero-order valence-electron chi connectivity index (χ0n) is 9.69. The predicted molar refractivity (Wildman–Crippen MR) is 60.8 cm³/mol. The fourth-order valence-electron chi connectivity index (χ4n) is 2.45. The second-order valence-corrected chi connectivity index (χ2v) is 4.37. The molecular weight excluding hydrogens is 227 g/mol. The molecule has 0 saturated carbocycles. The van der Waals surface area contributed by atoms with Gasteiger partial charge in [0.05, 0.1) is 12.1 Å². The minimum atomic E-state index is -4.22. The molecule has 0 spiro atoms. The van der Waals surface area contributed by atoms with Crippen LogP contribution in [0.4, 0.5) is 13.2 Å². The van der Waals surface area contributed by atoms with Gasteiger partial charge in [-0.1, -0.05) is 12.7 Å². The van der Waals surface area contributed by atoms with Crippen molar-refractivity contribution in [3.8, 4) is 0 Å². The van der Waals surface area contributed by atoms with Gasteiger partial charge in [-0.15, -0.1) is 0 Å². The summed E-state index contributed by atoms with van der Waals surface area (Å²) in [7, 11) is 0. The van der Waals surface area contributed by atoms with Crippen molar-refractivity contribution in [3.05, 3.63) is 34.7 Å². The molecule has 2 rings (SSSR count). The summed E-state index contributed by atoms with van der Waals surface area (Å²) < 4.78 is 37.4. The van der Waals surface area contributed by atoms with Gasteiger partial charge in [0.25, 0.3) is 0 Å². The molecule has 1 aromatic rings.